The topological polar surface area (TPSA) is 12.0 Å². The van der Waals surface area contributed by atoms with Crippen LogP contribution in [0.4, 0.5) is 0 Å². The van der Waals surface area contributed by atoms with Gasteiger partial charge in [0.05, 0.1) is 0 Å². The van der Waals surface area contributed by atoms with Crippen molar-refractivity contribution in [2.75, 3.05) is 13.6 Å². The first-order valence-electron chi connectivity index (χ1n) is 3.38. The minimum Gasteiger partial charge on any atom is -0.316 e. The van der Waals surface area contributed by atoms with Gasteiger partial charge in [-0.25, -0.2) is 0 Å². The molecule has 0 radical (unpaired) electrons. The standard InChI is InChI=1S/C8H10BrNS/c1-10-5-2-3-8-7(9)4-6-11-8/h2-4,6,10H,5H2,1H3/b3-2+. The number of thiophene rings is 1. The molecule has 0 atom stereocenters. The minimum absolute atomic E-state index is 0.921. The first kappa shape index (κ1) is 8.97. The second kappa shape index (κ2) is 4.70. The van der Waals surface area contributed by atoms with E-state index in [4.69, 9.17) is 0 Å². The van der Waals surface area contributed by atoms with Gasteiger partial charge in [0, 0.05) is 15.9 Å². The lowest BCUT2D eigenvalue weighted by Crippen LogP contribution is -2.03. The molecule has 1 heterocycles. The zero-order chi connectivity index (χ0) is 8.10. The van der Waals surface area contributed by atoms with Crippen molar-refractivity contribution in [2.24, 2.45) is 0 Å². The van der Waals surface area contributed by atoms with Crippen LogP contribution in [-0.4, -0.2) is 13.6 Å². The third kappa shape index (κ3) is 2.77. The number of halogens is 1. The molecule has 0 aliphatic carbocycles. The smallest absolute Gasteiger partial charge is 0.0409 e. The summed E-state index contributed by atoms with van der Waals surface area (Å²) in [5, 5.41) is 5.12. The molecule has 0 amide bonds. The summed E-state index contributed by atoms with van der Waals surface area (Å²) in [5.74, 6) is 0. The van der Waals surface area contributed by atoms with E-state index in [1.54, 1.807) is 11.3 Å². The van der Waals surface area contributed by atoms with E-state index in [0.717, 1.165) is 6.54 Å². The van der Waals surface area contributed by atoms with Crippen LogP contribution < -0.4 is 5.32 Å². The van der Waals surface area contributed by atoms with Crippen LogP contribution in [0.1, 0.15) is 4.88 Å². The van der Waals surface area contributed by atoms with Gasteiger partial charge >= 0.3 is 0 Å². The van der Waals surface area contributed by atoms with E-state index in [2.05, 4.69) is 44.8 Å². The summed E-state index contributed by atoms with van der Waals surface area (Å²) in [6.07, 6.45) is 4.22. The van der Waals surface area contributed by atoms with E-state index in [1.165, 1.54) is 9.35 Å². The van der Waals surface area contributed by atoms with E-state index in [-0.39, 0.29) is 0 Å². The largest absolute Gasteiger partial charge is 0.316 e. The molecule has 0 fully saturated rings. The first-order valence-corrected chi connectivity index (χ1v) is 5.06. The highest BCUT2D eigenvalue weighted by Crippen LogP contribution is 2.23. The van der Waals surface area contributed by atoms with Crippen molar-refractivity contribution >= 4 is 33.3 Å². The summed E-state index contributed by atoms with van der Waals surface area (Å²) >= 11 is 5.20. The Labute approximate surface area is 79.3 Å². The van der Waals surface area contributed by atoms with Crippen LogP contribution in [0.3, 0.4) is 0 Å². The van der Waals surface area contributed by atoms with Gasteiger partial charge in [0.25, 0.3) is 0 Å². The van der Waals surface area contributed by atoms with Crippen molar-refractivity contribution < 1.29 is 0 Å². The molecule has 1 aromatic heterocycles. The minimum atomic E-state index is 0.921. The van der Waals surface area contributed by atoms with Crippen LogP contribution in [0.25, 0.3) is 6.08 Å². The number of likely N-dealkylation sites (N-methyl/N-ethyl adjacent to an activating group) is 1. The molecule has 0 saturated heterocycles. The lowest BCUT2D eigenvalue weighted by molar-refractivity contribution is 0.922. The second-order valence-corrected chi connectivity index (χ2v) is 3.89. The predicted octanol–water partition coefficient (Wildman–Crippen LogP) is 2.74. The molecule has 1 N–H and O–H groups in total. The summed E-state index contributed by atoms with van der Waals surface area (Å²) in [7, 11) is 1.94. The summed E-state index contributed by atoms with van der Waals surface area (Å²) in [6, 6.07) is 2.06. The van der Waals surface area contributed by atoms with Gasteiger partial charge in [0.1, 0.15) is 0 Å². The number of hydrogen-bond acceptors (Lipinski definition) is 2. The lowest BCUT2D eigenvalue weighted by atomic mass is 10.4. The van der Waals surface area contributed by atoms with Gasteiger partial charge in [0.2, 0.25) is 0 Å². The van der Waals surface area contributed by atoms with Crippen molar-refractivity contribution in [3.8, 4) is 0 Å². The van der Waals surface area contributed by atoms with Gasteiger partial charge in [-0.2, -0.15) is 0 Å². The molecule has 1 rings (SSSR count). The third-order valence-electron chi connectivity index (χ3n) is 1.24. The molecule has 0 bridgehead atoms. The maximum absolute atomic E-state index is 3.46. The molecule has 0 aromatic carbocycles. The third-order valence-corrected chi connectivity index (χ3v) is 3.07. The van der Waals surface area contributed by atoms with E-state index in [0.29, 0.717) is 0 Å². The predicted molar refractivity (Wildman–Crippen MR) is 55.0 cm³/mol. The van der Waals surface area contributed by atoms with E-state index >= 15 is 0 Å². The van der Waals surface area contributed by atoms with Crippen molar-refractivity contribution in [2.45, 2.75) is 0 Å². The number of rotatable bonds is 3. The molecule has 3 heteroatoms. The van der Waals surface area contributed by atoms with E-state index in [1.807, 2.05) is 7.05 Å². The monoisotopic (exact) mass is 231 g/mol. The zero-order valence-electron chi connectivity index (χ0n) is 6.30. The van der Waals surface area contributed by atoms with Gasteiger partial charge in [-0.15, -0.1) is 11.3 Å². The fourth-order valence-electron chi connectivity index (χ4n) is 0.708. The highest BCUT2D eigenvalue weighted by atomic mass is 79.9. The molecule has 0 aliphatic heterocycles. The van der Waals surface area contributed by atoms with E-state index < -0.39 is 0 Å². The maximum Gasteiger partial charge on any atom is 0.0409 e. The molecule has 1 aromatic rings. The van der Waals surface area contributed by atoms with Crippen LogP contribution in [0.5, 0.6) is 0 Å². The molecule has 0 saturated carbocycles. The molecule has 0 aliphatic rings. The van der Waals surface area contributed by atoms with Gasteiger partial charge in [-0.1, -0.05) is 6.08 Å². The average molecular weight is 232 g/mol. The van der Waals surface area contributed by atoms with Gasteiger partial charge < -0.3 is 5.32 Å². The van der Waals surface area contributed by atoms with Gasteiger partial charge in [0.15, 0.2) is 0 Å². The van der Waals surface area contributed by atoms with Crippen LogP contribution >= 0.6 is 27.3 Å². The molecular formula is C8H10BrNS. The van der Waals surface area contributed by atoms with Crippen molar-refractivity contribution in [3.63, 3.8) is 0 Å². The van der Waals surface area contributed by atoms with Crippen molar-refractivity contribution in [1.82, 2.24) is 5.32 Å². The summed E-state index contributed by atoms with van der Waals surface area (Å²) in [6.45, 7) is 0.921. The molecule has 60 valence electrons. The normalized spacial score (nSPS) is 11.1. The summed E-state index contributed by atoms with van der Waals surface area (Å²) in [4.78, 5) is 1.28. The van der Waals surface area contributed by atoms with Crippen LogP contribution in [0.15, 0.2) is 22.0 Å². The van der Waals surface area contributed by atoms with Crippen LogP contribution in [0.2, 0.25) is 0 Å². The number of nitrogens with one attached hydrogen (secondary N) is 1. The average Bonchev–Trinajstić information content (AvgIpc) is 2.37. The Morgan fingerprint density at radius 2 is 2.55 bits per heavy atom. The van der Waals surface area contributed by atoms with Gasteiger partial charge in [-0.3, -0.25) is 0 Å². The van der Waals surface area contributed by atoms with Crippen molar-refractivity contribution in [3.05, 3.63) is 26.9 Å². The summed E-state index contributed by atoms with van der Waals surface area (Å²) < 4.78 is 1.18. The highest BCUT2D eigenvalue weighted by molar-refractivity contribution is 9.10. The molecular weight excluding hydrogens is 222 g/mol. The fraction of sp³-hybridized carbons (Fsp3) is 0.250. The molecule has 11 heavy (non-hydrogen) atoms. The Kier molecular flexibility index (Phi) is 3.83. The van der Waals surface area contributed by atoms with Crippen molar-refractivity contribution in [1.29, 1.82) is 0 Å². The van der Waals surface area contributed by atoms with E-state index in [9.17, 15) is 0 Å². The Morgan fingerprint density at radius 1 is 1.73 bits per heavy atom. The van der Waals surface area contributed by atoms with Crippen LogP contribution in [0, 0.1) is 0 Å². The molecule has 1 nitrogen and oxygen atoms in total. The Balaban J connectivity index is 2.56. The molecule has 0 spiro atoms. The lowest BCUT2D eigenvalue weighted by Gasteiger charge is -1.88. The maximum atomic E-state index is 3.46. The Hall–Kier alpha value is -0.120. The Morgan fingerprint density at radius 3 is 3.09 bits per heavy atom. The second-order valence-electron chi connectivity index (χ2n) is 2.09. The summed E-state index contributed by atoms with van der Waals surface area (Å²) in [5.41, 5.74) is 0. The molecule has 0 unspecified atom stereocenters. The highest BCUT2D eigenvalue weighted by Gasteiger charge is 1.93. The zero-order valence-corrected chi connectivity index (χ0v) is 8.71. The Bertz CT molecular complexity index is 242. The first-order chi connectivity index (χ1) is 5.34. The fourth-order valence-corrected chi connectivity index (χ4v) is 2.13. The quantitative estimate of drug-likeness (QED) is 0.844. The van der Waals surface area contributed by atoms with Crippen LogP contribution in [-0.2, 0) is 0 Å². The SMILES string of the molecule is CNC/C=C/c1sccc1Br. The number of hydrogen-bond donors (Lipinski definition) is 1. The van der Waals surface area contributed by atoms with Gasteiger partial charge in [-0.05, 0) is 40.5 Å².